The number of hydrogen-bond donors (Lipinski definition) is 0. The van der Waals surface area contributed by atoms with Crippen LogP contribution in [0.15, 0.2) is 35.7 Å². The van der Waals surface area contributed by atoms with E-state index in [1.807, 2.05) is 38.4 Å². The normalized spacial score (nSPS) is 16.6. The molecule has 0 unspecified atom stereocenters. The van der Waals surface area contributed by atoms with Gasteiger partial charge in [0.1, 0.15) is 11.4 Å². The summed E-state index contributed by atoms with van der Waals surface area (Å²) in [4.78, 5) is 31.1. The largest absolute Gasteiger partial charge is 0.462 e. The number of Topliss-reactive ketones (excluding diaryl/α,β-unsaturated/α-hetero) is 1. The Hall–Kier alpha value is -2.34. The second kappa shape index (κ2) is 6.65. The first-order chi connectivity index (χ1) is 11.5. The zero-order chi connectivity index (χ0) is 17.3. The number of carbonyl (C=O) groups is 2. The summed E-state index contributed by atoms with van der Waals surface area (Å²) in [6.45, 7) is 4.11. The molecule has 0 saturated carbocycles. The molecule has 0 N–H and O–H groups in total. The number of likely N-dealkylation sites (N-methyl/N-ethyl adjacent to an activating group) is 1. The number of ketones is 1. The van der Waals surface area contributed by atoms with Crippen molar-refractivity contribution in [2.24, 2.45) is 0 Å². The van der Waals surface area contributed by atoms with Crippen molar-refractivity contribution in [2.45, 2.75) is 13.3 Å². The van der Waals surface area contributed by atoms with Crippen LogP contribution in [0.1, 0.15) is 13.3 Å². The van der Waals surface area contributed by atoms with Crippen molar-refractivity contribution < 1.29 is 14.3 Å². The van der Waals surface area contributed by atoms with Gasteiger partial charge in [-0.25, -0.2) is 4.79 Å². The van der Waals surface area contributed by atoms with E-state index in [1.165, 1.54) is 0 Å². The number of anilines is 2. The quantitative estimate of drug-likeness (QED) is 0.604. The standard InChI is InChI=1S/C18H23N3O3/c1-4-24-18(23)16-15(22)9-10-20-13-7-5-6-8-14(13)21(17(16)20)12-11-19(2)3/h5-8H,4,9-12H2,1-3H3. The third-order valence-electron chi connectivity index (χ3n) is 4.29. The molecule has 6 nitrogen and oxygen atoms in total. The highest BCUT2D eigenvalue weighted by Gasteiger charge is 2.41. The predicted molar refractivity (Wildman–Crippen MR) is 93.0 cm³/mol. The van der Waals surface area contributed by atoms with Crippen LogP contribution in [-0.2, 0) is 14.3 Å². The summed E-state index contributed by atoms with van der Waals surface area (Å²) in [6, 6.07) is 8.02. The molecule has 2 aliphatic heterocycles. The van der Waals surface area contributed by atoms with Crippen molar-refractivity contribution in [3.63, 3.8) is 0 Å². The molecule has 24 heavy (non-hydrogen) atoms. The maximum atomic E-state index is 12.5. The van der Waals surface area contributed by atoms with Crippen molar-refractivity contribution in [1.29, 1.82) is 0 Å². The molecule has 0 bridgehead atoms. The van der Waals surface area contributed by atoms with Gasteiger partial charge in [-0.3, -0.25) is 4.79 Å². The van der Waals surface area contributed by atoms with Crippen LogP contribution in [0.3, 0.4) is 0 Å². The van der Waals surface area contributed by atoms with Crippen LogP contribution in [0.25, 0.3) is 0 Å². The molecular weight excluding hydrogens is 306 g/mol. The monoisotopic (exact) mass is 329 g/mol. The number of rotatable bonds is 5. The van der Waals surface area contributed by atoms with E-state index in [0.29, 0.717) is 25.3 Å². The highest BCUT2D eigenvalue weighted by atomic mass is 16.5. The number of fused-ring (bicyclic) bond motifs is 3. The molecule has 0 aromatic heterocycles. The summed E-state index contributed by atoms with van der Waals surface area (Å²) in [7, 11) is 4.01. The smallest absolute Gasteiger partial charge is 0.345 e. The molecule has 2 heterocycles. The summed E-state index contributed by atoms with van der Waals surface area (Å²) in [5.41, 5.74) is 2.25. The van der Waals surface area contributed by atoms with E-state index in [2.05, 4.69) is 14.7 Å². The molecule has 1 aromatic carbocycles. The van der Waals surface area contributed by atoms with Crippen molar-refractivity contribution in [1.82, 2.24) is 4.90 Å². The Bertz CT molecular complexity index is 697. The zero-order valence-electron chi connectivity index (χ0n) is 14.4. The van der Waals surface area contributed by atoms with Gasteiger partial charge in [-0.05, 0) is 33.2 Å². The maximum absolute atomic E-state index is 12.5. The molecule has 6 heteroatoms. The first-order valence-electron chi connectivity index (χ1n) is 8.28. The first kappa shape index (κ1) is 16.5. The van der Waals surface area contributed by atoms with Gasteiger partial charge in [-0.1, -0.05) is 12.1 Å². The minimum atomic E-state index is -0.523. The average Bonchev–Trinajstić information content (AvgIpc) is 2.86. The number of hydrogen-bond acceptors (Lipinski definition) is 6. The maximum Gasteiger partial charge on any atom is 0.345 e. The highest BCUT2D eigenvalue weighted by Crippen LogP contribution is 2.44. The number of nitrogens with zero attached hydrogens (tertiary/aromatic N) is 3. The third kappa shape index (κ3) is 2.78. The minimum Gasteiger partial charge on any atom is -0.462 e. The van der Waals surface area contributed by atoms with Gasteiger partial charge in [0.25, 0.3) is 0 Å². The summed E-state index contributed by atoms with van der Waals surface area (Å²) in [5, 5.41) is 0. The number of benzene rings is 1. The van der Waals surface area contributed by atoms with Crippen LogP contribution in [0.2, 0.25) is 0 Å². The Morgan fingerprint density at radius 3 is 2.62 bits per heavy atom. The molecule has 0 radical (unpaired) electrons. The van der Waals surface area contributed by atoms with Crippen LogP contribution >= 0.6 is 0 Å². The van der Waals surface area contributed by atoms with Gasteiger partial charge in [-0.2, -0.15) is 0 Å². The molecule has 0 fully saturated rings. The summed E-state index contributed by atoms with van der Waals surface area (Å²) < 4.78 is 5.15. The minimum absolute atomic E-state index is 0.137. The average molecular weight is 329 g/mol. The number of carbonyl (C=O) groups excluding carboxylic acids is 2. The molecule has 0 aliphatic carbocycles. The molecule has 3 rings (SSSR count). The Kier molecular flexibility index (Phi) is 4.57. The van der Waals surface area contributed by atoms with E-state index >= 15 is 0 Å². The molecule has 1 aromatic rings. The lowest BCUT2D eigenvalue weighted by Gasteiger charge is -2.31. The van der Waals surface area contributed by atoms with Gasteiger partial charge in [0.05, 0.1) is 18.0 Å². The molecular formula is C18H23N3O3. The molecule has 2 aliphatic rings. The van der Waals surface area contributed by atoms with Crippen LogP contribution in [0, 0.1) is 0 Å². The second-order valence-corrected chi connectivity index (χ2v) is 6.19. The van der Waals surface area contributed by atoms with Gasteiger partial charge >= 0.3 is 5.97 Å². The lowest BCUT2D eigenvalue weighted by Crippen LogP contribution is -2.41. The van der Waals surface area contributed by atoms with Crippen LogP contribution in [0.4, 0.5) is 11.4 Å². The summed E-state index contributed by atoms with van der Waals surface area (Å²) >= 11 is 0. The van der Waals surface area contributed by atoms with Gasteiger partial charge < -0.3 is 19.4 Å². The highest BCUT2D eigenvalue weighted by molar-refractivity contribution is 6.20. The van der Waals surface area contributed by atoms with E-state index in [0.717, 1.165) is 17.9 Å². The lowest BCUT2D eigenvalue weighted by atomic mass is 10.0. The van der Waals surface area contributed by atoms with E-state index in [-0.39, 0.29) is 18.0 Å². The summed E-state index contributed by atoms with van der Waals surface area (Å²) in [6.07, 6.45) is 0.327. The zero-order valence-corrected chi connectivity index (χ0v) is 14.4. The predicted octanol–water partition coefficient (Wildman–Crippen LogP) is 1.62. The molecule has 0 amide bonds. The lowest BCUT2D eigenvalue weighted by molar-refractivity contribution is -0.140. The molecule has 0 spiro atoms. The van der Waals surface area contributed by atoms with Gasteiger partial charge in [0.15, 0.2) is 5.78 Å². The van der Waals surface area contributed by atoms with Crippen molar-refractivity contribution in [2.75, 3.05) is 50.1 Å². The topological polar surface area (TPSA) is 53.1 Å². The molecule has 0 saturated heterocycles. The fourth-order valence-electron chi connectivity index (χ4n) is 3.19. The van der Waals surface area contributed by atoms with Crippen LogP contribution in [-0.4, -0.2) is 57.0 Å². The van der Waals surface area contributed by atoms with Gasteiger partial charge in [-0.15, -0.1) is 0 Å². The Balaban J connectivity index is 2.10. The molecule has 0 atom stereocenters. The molecule has 128 valence electrons. The van der Waals surface area contributed by atoms with E-state index in [9.17, 15) is 9.59 Å². The van der Waals surface area contributed by atoms with Gasteiger partial charge in [0, 0.05) is 26.1 Å². The van der Waals surface area contributed by atoms with E-state index < -0.39 is 5.97 Å². The fraction of sp³-hybridized carbons (Fsp3) is 0.444. The van der Waals surface area contributed by atoms with Gasteiger partial charge in [0.2, 0.25) is 0 Å². The second-order valence-electron chi connectivity index (χ2n) is 6.19. The first-order valence-corrected chi connectivity index (χ1v) is 8.28. The number of ether oxygens (including phenoxy) is 1. The Labute approximate surface area is 142 Å². The van der Waals surface area contributed by atoms with E-state index in [1.54, 1.807) is 6.92 Å². The fourth-order valence-corrected chi connectivity index (χ4v) is 3.19. The SMILES string of the molecule is CCOC(=O)C1=C2N(CCC1=O)c1ccccc1N2CCN(C)C. The summed E-state index contributed by atoms with van der Waals surface area (Å²) in [5.74, 6) is 0.0139. The van der Waals surface area contributed by atoms with Crippen LogP contribution < -0.4 is 9.80 Å². The van der Waals surface area contributed by atoms with Crippen molar-refractivity contribution in [3.8, 4) is 0 Å². The Morgan fingerprint density at radius 2 is 1.96 bits per heavy atom. The van der Waals surface area contributed by atoms with Crippen molar-refractivity contribution in [3.05, 3.63) is 35.7 Å². The number of para-hydroxylation sites is 2. The van der Waals surface area contributed by atoms with Crippen LogP contribution in [0.5, 0.6) is 0 Å². The Morgan fingerprint density at radius 1 is 1.25 bits per heavy atom. The van der Waals surface area contributed by atoms with E-state index in [4.69, 9.17) is 4.74 Å². The third-order valence-corrected chi connectivity index (χ3v) is 4.29. The number of esters is 1. The van der Waals surface area contributed by atoms with Crippen molar-refractivity contribution >= 4 is 23.1 Å².